The van der Waals surface area contributed by atoms with Crippen LogP contribution in [0.1, 0.15) is 32.7 Å². The molecule has 0 unspecified atom stereocenters. The van der Waals surface area contributed by atoms with Crippen LogP contribution in [0.2, 0.25) is 0 Å². The summed E-state index contributed by atoms with van der Waals surface area (Å²) in [7, 11) is 3.03. The van der Waals surface area contributed by atoms with E-state index in [9.17, 15) is 9.59 Å². The molecule has 0 radical (unpaired) electrons. The van der Waals surface area contributed by atoms with Crippen molar-refractivity contribution in [3.05, 3.63) is 83.4 Å². The zero-order valence-corrected chi connectivity index (χ0v) is 17.6. The summed E-state index contributed by atoms with van der Waals surface area (Å²) >= 11 is 0. The highest BCUT2D eigenvalue weighted by atomic mass is 16.5. The maximum Gasteiger partial charge on any atom is 0.259 e. The van der Waals surface area contributed by atoms with Crippen molar-refractivity contribution in [1.82, 2.24) is 0 Å². The molecule has 31 heavy (non-hydrogen) atoms. The number of nitrogens with zero attached hydrogens (tertiary/aromatic N) is 1. The molecule has 0 atom stereocenters. The Labute approximate surface area is 181 Å². The number of amides is 2. The highest BCUT2D eigenvalue weighted by Crippen LogP contribution is 2.33. The maximum absolute atomic E-state index is 13.1. The summed E-state index contributed by atoms with van der Waals surface area (Å²) in [5, 5.41) is 2.92. The number of hydrogen-bond donors (Lipinski definition) is 1. The van der Waals surface area contributed by atoms with Gasteiger partial charge in [-0.3, -0.25) is 9.59 Å². The van der Waals surface area contributed by atoms with E-state index < -0.39 is 0 Å². The summed E-state index contributed by atoms with van der Waals surface area (Å²) in [6.45, 7) is 0.641. The third-order valence-corrected chi connectivity index (χ3v) is 5.38. The molecule has 6 heteroatoms. The van der Waals surface area contributed by atoms with Crippen LogP contribution in [0.3, 0.4) is 0 Å². The lowest BCUT2D eigenvalue weighted by molar-refractivity contribution is 0.0983. The Kier molecular flexibility index (Phi) is 5.89. The number of anilines is 2. The second-order valence-corrected chi connectivity index (χ2v) is 7.27. The fourth-order valence-corrected chi connectivity index (χ4v) is 3.86. The summed E-state index contributed by atoms with van der Waals surface area (Å²) < 4.78 is 10.7. The molecule has 1 aliphatic rings. The number of ether oxygens (including phenoxy) is 2. The van der Waals surface area contributed by atoms with Crippen LogP contribution in [0, 0.1) is 0 Å². The topological polar surface area (TPSA) is 67.9 Å². The van der Waals surface area contributed by atoms with E-state index in [-0.39, 0.29) is 11.8 Å². The van der Waals surface area contributed by atoms with E-state index in [1.54, 1.807) is 23.1 Å². The van der Waals surface area contributed by atoms with Crippen molar-refractivity contribution < 1.29 is 19.1 Å². The van der Waals surface area contributed by atoms with Crippen LogP contribution < -0.4 is 19.7 Å². The van der Waals surface area contributed by atoms with Crippen molar-refractivity contribution >= 4 is 23.2 Å². The number of fused-ring (bicyclic) bond motifs is 1. The lowest BCUT2D eigenvalue weighted by atomic mass is 10.00. The number of benzene rings is 3. The van der Waals surface area contributed by atoms with Gasteiger partial charge in [0.25, 0.3) is 11.8 Å². The molecule has 1 aliphatic heterocycles. The molecule has 0 spiro atoms. The van der Waals surface area contributed by atoms with Crippen LogP contribution in [0.4, 0.5) is 11.4 Å². The summed E-state index contributed by atoms with van der Waals surface area (Å²) in [5.41, 5.74) is 3.55. The Morgan fingerprint density at radius 2 is 1.74 bits per heavy atom. The summed E-state index contributed by atoms with van der Waals surface area (Å²) in [6, 6.07) is 20.1. The van der Waals surface area contributed by atoms with Gasteiger partial charge in [0.05, 0.1) is 19.8 Å². The van der Waals surface area contributed by atoms with E-state index in [4.69, 9.17) is 9.47 Å². The molecule has 0 saturated carbocycles. The Morgan fingerprint density at radius 1 is 0.935 bits per heavy atom. The lowest BCUT2D eigenvalue weighted by Crippen LogP contribution is -2.35. The smallest absolute Gasteiger partial charge is 0.259 e. The van der Waals surface area contributed by atoms with Crippen LogP contribution in [0.5, 0.6) is 11.5 Å². The first-order valence-corrected chi connectivity index (χ1v) is 10.1. The molecule has 0 saturated heterocycles. The number of carbonyl (C=O) groups is 2. The number of aryl methyl sites for hydroxylation is 1. The van der Waals surface area contributed by atoms with Gasteiger partial charge < -0.3 is 19.7 Å². The van der Waals surface area contributed by atoms with Gasteiger partial charge in [0.15, 0.2) is 11.5 Å². The van der Waals surface area contributed by atoms with Crippen LogP contribution in [0.15, 0.2) is 66.7 Å². The van der Waals surface area contributed by atoms with Crippen LogP contribution >= 0.6 is 0 Å². The Morgan fingerprint density at radius 3 is 2.48 bits per heavy atom. The fourth-order valence-electron chi connectivity index (χ4n) is 3.86. The van der Waals surface area contributed by atoms with E-state index in [1.165, 1.54) is 14.2 Å². The average Bonchev–Trinajstić information content (AvgIpc) is 2.83. The minimum Gasteiger partial charge on any atom is -0.493 e. The fraction of sp³-hybridized carbons (Fsp3) is 0.200. The molecule has 0 aliphatic carbocycles. The second kappa shape index (κ2) is 8.92. The van der Waals surface area contributed by atoms with Crippen molar-refractivity contribution in [3.8, 4) is 11.5 Å². The molecule has 0 fully saturated rings. The van der Waals surface area contributed by atoms with Crippen LogP contribution in [-0.4, -0.2) is 32.6 Å². The molecule has 3 aromatic carbocycles. The van der Waals surface area contributed by atoms with Crippen molar-refractivity contribution in [2.45, 2.75) is 12.8 Å². The third kappa shape index (κ3) is 4.10. The molecule has 158 valence electrons. The van der Waals surface area contributed by atoms with E-state index in [0.29, 0.717) is 34.9 Å². The first-order valence-electron chi connectivity index (χ1n) is 10.1. The van der Waals surface area contributed by atoms with Crippen molar-refractivity contribution in [2.24, 2.45) is 0 Å². The molecule has 4 rings (SSSR count). The molecule has 1 heterocycles. The number of para-hydroxylation sites is 1. The molecule has 2 amide bonds. The summed E-state index contributed by atoms with van der Waals surface area (Å²) in [6.07, 6.45) is 1.80. The highest BCUT2D eigenvalue weighted by molar-refractivity contribution is 6.09. The Bertz CT molecular complexity index is 1110. The predicted molar refractivity (Wildman–Crippen MR) is 120 cm³/mol. The monoisotopic (exact) mass is 416 g/mol. The summed E-state index contributed by atoms with van der Waals surface area (Å²) in [5.74, 6) is 0.508. The number of hydrogen-bond acceptors (Lipinski definition) is 4. The number of nitrogens with one attached hydrogen (secondary N) is 1. The molecular weight excluding hydrogens is 392 g/mol. The van der Waals surface area contributed by atoms with Gasteiger partial charge in [-0.2, -0.15) is 0 Å². The van der Waals surface area contributed by atoms with Gasteiger partial charge in [0.1, 0.15) is 0 Å². The van der Waals surface area contributed by atoms with Gasteiger partial charge >= 0.3 is 0 Å². The minimum absolute atomic E-state index is 0.0421. The van der Waals surface area contributed by atoms with Crippen molar-refractivity contribution in [2.75, 3.05) is 31.0 Å². The Hall–Kier alpha value is -3.80. The van der Waals surface area contributed by atoms with Crippen LogP contribution in [0.25, 0.3) is 0 Å². The quantitative estimate of drug-likeness (QED) is 0.663. The van der Waals surface area contributed by atoms with Gasteiger partial charge in [0, 0.05) is 23.5 Å². The van der Waals surface area contributed by atoms with Gasteiger partial charge in [-0.15, -0.1) is 0 Å². The maximum atomic E-state index is 13.1. The van der Waals surface area contributed by atoms with Crippen molar-refractivity contribution in [1.29, 1.82) is 0 Å². The first kappa shape index (κ1) is 20.5. The van der Waals surface area contributed by atoms with E-state index in [0.717, 1.165) is 24.1 Å². The molecule has 0 aromatic heterocycles. The predicted octanol–water partition coefficient (Wildman–Crippen LogP) is 4.55. The number of carbonyl (C=O) groups excluding carboxylic acids is 2. The molecular formula is C25H24N2O4. The standard InChI is InChI=1S/C25H24N2O4/c1-30-22-12-6-11-20(23(22)31-2)24(28)26-19-14-13-17-10-7-15-27(21(17)16-19)25(29)18-8-4-3-5-9-18/h3-6,8-9,11-14,16H,7,10,15H2,1-2H3,(H,26,28). The Balaban J connectivity index is 1.62. The van der Waals surface area contributed by atoms with Gasteiger partial charge in [-0.05, 0) is 54.8 Å². The third-order valence-electron chi connectivity index (χ3n) is 5.38. The number of methoxy groups -OCH3 is 2. The molecule has 3 aromatic rings. The van der Waals surface area contributed by atoms with Crippen molar-refractivity contribution in [3.63, 3.8) is 0 Å². The number of rotatable bonds is 5. The normalized spacial score (nSPS) is 12.6. The summed E-state index contributed by atoms with van der Waals surface area (Å²) in [4.78, 5) is 27.8. The van der Waals surface area contributed by atoms with Gasteiger partial charge in [-0.25, -0.2) is 0 Å². The molecule has 0 bridgehead atoms. The van der Waals surface area contributed by atoms with E-state index >= 15 is 0 Å². The van der Waals surface area contributed by atoms with Gasteiger partial charge in [-0.1, -0.05) is 30.3 Å². The van der Waals surface area contributed by atoms with E-state index in [1.807, 2.05) is 48.5 Å². The van der Waals surface area contributed by atoms with E-state index in [2.05, 4.69) is 5.32 Å². The van der Waals surface area contributed by atoms with Gasteiger partial charge in [0.2, 0.25) is 0 Å². The second-order valence-electron chi connectivity index (χ2n) is 7.27. The minimum atomic E-state index is -0.313. The van der Waals surface area contributed by atoms with Crippen LogP contribution in [-0.2, 0) is 6.42 Å². The highest BCUT2D eigenvalue weighted by Gasteiger charge is 2.24. The SMILES string of the molecule is COc1cccc(C(=O)Nc2ccc3c(c2)N(C(=O)c2ccccc2)CCC3)c1OC. The average molecular weight is 416 g/mol. The first-order chi connectivity index (χ1) is 15.1. The lowest BCUT2D eigenvalue weighted by Gasteiger charge is -2.30. The zero-order chi connectivity index (χ0) is 21.8. The molecule has 1 N–H and O–H groups in total. The largest absolute Gasteiger partial charge is 0.493 e. The molecule has 6 nitrogen and oxygen atoms in total. The zero-order valence-electron chi connectivity index (χ0n) is 17.6.